The second-order valence-corrected chi connectivity index (χ2v) is 11.8. The Kier molecular flexibility index (Phi) is 10.6. The van der Waals surface area contributed by atoms with Gasteiger partial charge < -0.3 is 32.9 Å². The number of pyridine rings is 2. The molecule has 9 nitrogen and oxygen atoms in total. The van der Waals surface area contributed by atoms with Gasteiger partial charge in [0.1, 0.15) is 31.0 Å². The Morgan fingerprint density at radius 1 is 0.653 bits per heavy atom. The summed E-state index contributed by atoms with van der Waals surface area (Å²) in [5, 5.41) is 1.97. The number of hydrogen-bond acceptors (Lipinski definition) is 7. The van der Waals surface area contributed by atoms with Crippen molar-refractivity contribution >= 4 is 28.1 Å². The molecular weight excluding hydrogens is 620 g/mol. The highest BCUT2D eigenvalue weighted by Gasteiger charge is 2.19. The van der Waals surface area contributed by atoms with Crippen LogP contribution in [-0.2, 0) is 40.6 Å². The first-order valence-electron chi connectivity index (χ1n) is 16.2. The van der Waals surface area contributed by atoms with E-state index in [0.717, 1.165) is 50.6 Å². The zero-order valence-corrected chi connectivity index (χ0v) is 27.5. The Bertz CT molecular complexity index is 2170. The molecule has 2 aromatic heterocycles. The Hall–Kier alpha value is -5.51. The summed E-state index contributed by atoms with van der Waals surface area (Å²) in [6.45, 7) is 6.31. The SMILES string of the molecule is Cc1cc(=O)n(CC2OCCO2)c2cc(OCc3ccccc3)ccc12.Cc1cc(=O)n(CC=O)c2cc(OCc3ccccc3)ccc12. The zero-order valence-electron chi connectivity index (χ0n) is 27.5. The van der Waals surface area contributed by atoms with Crippen LogP contribution >= 0.6 is 0 Å². The summed E-state index contributed by atoms with van der Waals surface area (Å²) >= 11 is 0. The van der Waals surface area contributed by atoms with Crippen molar-refractivity contribution in [1.29, 1.82) is 0 Å². The number of carbonyl (C=O) groups excluding carboxylic acids is 1. The monoisotopic (exact) mass is 658 g/mol. The molecule has 0 spiro atoms. The normalized spacial score (nSPS) is 12.9. The molecule has 0 aliphatic carbocycles. The summed E-state index contributed by atoms with van der Waals surface area (Å²) < 4.78 is 25.9. The highest BCUT2D eigenvalue weighted by atomic mass is 16.7. The Morgan fingerprint density at radius 3 is 1.61 bits per heavy atom. The standard InChI is InChI=1S/C21H21NO4.C19H17NO3/c1-15-11-20(23)22(13-21-24-9-10-25-21)19-12-17(7-8-18(15)19)26-14-16-5-3-2-4-6-16;1-14-11-19(22)20(9-10-21)18-12-16(7-8-17(14)18)23-13-15-5-3-2-4-6-15/h2-8,11-12,21H,9-10,13-14H2,1H3;2-8,10-12H,9,13H2,1H3. The predicted octanol–water partition coefficient (Wildman–Crippen LogP) is 6.35. The number of ether oxygens (including phenoxy) is 4. The van der Waals surface area contributed by atoms with Gasteiger partial charge in [-0.3, -0.25) is 9.59 Å². The Balaban J connectivity index is 0.000000171. The van der Waals surface area contributed by atoms with E-state index < -0.39 is 0 Å². The van der Waals surface area contributed by atoms with Crippen LogP contribution in [0, 0.1) is 13.8 Å². The first kappa shape index (κ1) is 33.4. The summed E-state index contributed by atoms with van der Waals surface area (Å²) in [5.74, 6) is 1.40. The summed E-state index contributed by atoms with van der Waals surface area (Å²) in [5.41, 5.74) is 5.32. The molecule has 250 valence electrons. The predicted molar refractivity (Wildman–Crippen MR) is 189 cm³/mol. The number of carbonyl (C=O) groups is 1. The van der Waals surface area contributed by atoms with E-state index in [4.69, 9.17) is 18.9 Å². The van der Waals surface area contributed by atoms with Crippen LogP contribution in [-0.4, -0.2) is 34.9 Å². The molecule has 49 heavy (non-hydrogen) atoms. The quantitative estimate of drug-likeness (QED) is 0.158. The van der Waals surface area contributed by atoms with Gasteiger partial charge in [-0.05, 0) is 60.4 Å². The number of aryl methyl sites for hydroxylation is 2. The molecule has 0 bridgehead atoms. The molecule has 1 aliphatic rings. The molecule has 6 aromatic rings. The number of aldehydes is 1. The first-order valence-corrected chi connectivity index (χ1v) is 16.2. The lowest BCUT2D eigenvalue weighted by atomic mass is 10.1. The topological polar surface area (TPSA) is 98.0 Å². The van der Waals surface area contributed by atoms with Gasteiger partial charge in [-0.1, -0.05) is 60.7 Å². The molecule has 4 aromatic carbocycles. The van der Waals surface area contributed by atoms with Crippen LogP contribution in [0.3, 0.4) is 0 Å². The number of aromatic nitrogens is 2. The average Bonchev–Trinajstić information content (AvgIpc) is 3.64. The van der Waals surface area contributed by atoms with Crippen LogP contribution in [0.5, 0.6) is 11.5 Å². The van der Waals surface area contributed by atoms with Crippen molar-refractivity contribution in [3.8, 4) is 11.5 Å². The fourth-order valence-electron chi connectivity index (χ4n) is 5.83. The molecule has 1 fully saturated rings. The summed E-state index contributed by atoms with van der Waals surface area (Å²) in [6.07, 6.45) is 0.348. The molecule has 1 saturated heterocycles. The van der Waals surface area contributed by atoms with Gasteiger partial charge in [0.05, 0.1) is 37.3 Å². The molecule has 9 heteroatoms. The van der Waals surface area contributed by atoms with E-state index in [1.54, 1.807) is 16.7 Å². The van der Waals surface area contributed by atoms with Crippen molar-refractivity contribution in [2.75, 3.05) is 13.2 Å². The van der Waals surface area contributed by atoms with E-state index in [-0.39, 0.29) is 24.0 Å². The van der Waals surface area contributed by atoms with Gasteiger partial charge in [-0.25, -0.2) is 0 Å². The molecule has 0 radical (unpaired) electrons. The fourth-order valence-corrected chi connectivity index (χ4v) is 5.83. The van der Waals surface area contributed by atoms with Crippen molar-refractivity contribution in [2.45, 2.75) is 46.4 Å². The minimum absolute atomic E-state index is 0.0394. The number of hydrogen-bond donors (Lipinski definition) is 0. The third kappa shape index (κ3) is 8.14. The lowest BCUT2D eigenvalue weighted by Gasteiger charge is -2.16. The van der Waals surface area contributed by atoms with Crippen LogP contribution in [0.2, 0.25) is 0 Å². The lowest BCUT2D eigenvalue weighted by Crippen LogP contribution is -2.27. The maximum atomic E-state index is 12.5. The van der Waals surface area contributed by atoms with Crippen LogP contribution in [0.4, 0.5) is 0 Å². The molecule has 0 saturated carbocycles. The fraction of sp³-hybridized carbons (Fsp3) is 0.225. The van der Waals surface area contributed by atoms with Crippen LogP contribution in [0.25, 0.3) is 21.8 Å². The third-order valence-electron chi connectivity index (χ3n) is 8.36. The van der Waals surface area contributed by atoms with Crippen molar-refractivity contribution in [3.63, 3.8) is 0 Å². The van der Waals surface area contributed by atoms with Gasteiger partial charge in [0.2, 0.25) is 0 Å². The highest BCUT2D eigenvalue weighted by molar-refractivity contribution is 5.85. The van der Waals surface area contributed by atoms with Crippen molar-refractivity contribution in [1.82, 2.24) is 9.13 Å². The van der Waals surface area contributed by atoms with E-state index in [9.17, 15) is 14.4 Å². The zero-order chi connectivity index (χ0) is 34.2. The van der Waals surface area contributed by atoms with Gasteiger partial charge in [-0.15, -0.1) is 0 Å². The second-order valence-electron chi connectivity index (χ2n) is 11.8. The maximum absolute atomic E-state index is 12.5. The molecule has 0 atom stereocenters. The van der Waals surface area contributed by atoms with Crippen LogP contribution < -0.4 is 20.6 Å². The van der Waals surface area contributed by atoms with E-state index in [1.165, 1.54) is 4.57 Å². The lowest BCUT2D eigenvalue weighted by molar-refractivity contribution is -0.108. The van der Waals surface area contributed by atoms with E-state index >= 15 is 0 Å². The summed E-state index contributed by atoms with van der Waals surface area (Å²) in [7, 11) is 0. The minimum atomic E-state index is -0.382. The number of nitrogens with zero attached hydrogens (tertiary/aromatic N) is 2. The smallest absolute Gasteiger partial charge is 0.251 e. The summed E-state index contributed by atoms with van der Waals surface area (Å²) in [6, 6.07) is 34.6. The van der Waals surface area contributed by atoms with E-state index in [0.29, 0.717) is 44.2 Å². The van der Waals surface area contributed by atoms with Gasteiger partial charge in [0.15, 0.2) is 6.29 Å². The number of fused-ring (bicyclic) bond motifs is 2. The van der Waals surface area contributed by atoms with Gasteiger partial charge in [0.25, 0.3) is 11.1 Å². The molecule has 1 aliphatic heterocycles. The highest BCUT2D eigenvalue weighted by Crippen LogP contribution is 2.25. The van der Waals surface area contributed by atoms with Gasteiger partial charge in [0, 0.05) is 35.0 Å². The summed E-state index contributed by atoms with van der Waals surface area (Å²) in [4.78, 5) is 35.5. The van der Waals surface area contributed by atoms with Crippen molar-refractivity contribution < 1.29 is 23.7 Å². The van der Waals surface area contributed by atoms with Crippen molar-refractivity contribution in [3.05, 3.63) is 152 Å². The molecule has 0 unspecified atom stereocenters. The molecule has 0 amide bonds. The minimum Gasteiger partial charge on any atom is -0.489 e. The largest absolute Gasteiger partial charge is 0.489 e. The Morgan fingerprint density at radius 2 is 1.12 bits per heavy atom. The maximum Gasteiger partial charge on any atom is 0.251 e. The van der Waals surface area contributed by atoms with E-state index in [1.807, 2.05) is 111 Å². The van der Waals surface area contributed by atoms with Crippen molar-refractivity contribution in [2.24, 2.45) is 0 Å². The molecule has 0 N–H and O–H groups in total. The number of benzene rings is 4. The number of rotatable bonds is 10. The molecule has 3 heterocycles. The van der Waals surface area contributed by atoms with Gasteiger partial charge >= 0.3 is 0 Å². The third-order valence-corrected chi connectivity index (χ3v) is 8.36. The average molecular weight is 659 g/mol. The second kappa shape index (κ2) is 15.6. The van der Waals surface area contributed by atoms with Crippen LogP contribution in [0.1, 0.15) is 22.3 Å². The van der Waals surface area contributed by atoms with Crippen LogP contribution in [0.15, 0.2) is 119 Å². The molecular formula is C40H38N2O7. The first-order chi connectivity index (χ1) is 23.9. The van der Waals surface area contributed by atoms with E-state index in [2.05, 4.69) is 0 Å². The Labute approximate surface area is 283 Å². The molecule has 7 rings (SSSR count). The van der Waals surface area contributed by atoms with Gasteiger partial charge in [-0.2, -0.15) is 0 Å².